The van der Waals surface area contributed by atoms with Gasteiger partial charge in [-0.15, -0.1) is 0 Å². The molecule has 0 saturated heterocycles. The number of benzene rings is 1. The monoisotopic (exact) mass is 311 g/mol. The highest BCUT2D eigenvalue weighted by Crippen LogP contribution is 2.38. The number of hydrogen-bond donors (Lipinski definition) is 0. The minimum Gasteiger partial charge on any atom is -0.431 e. The van der Waals surface area contributed by atoms with E-state index >= 15 is 0 Å². The Morgan fingerprint density at radius 2 is 2.04 bits per heavy atom. The summed E-state index contributed by atoms with van der Waals surface area (Å²) in [6.07, 6.45) is 8.65. The molecule has 0 aliphatic heterocycles. The third kappa shape index (κ3) is 4.69. The van der Waals surface area contributed by atoms with E-state index in [1.807, 2.05) is 36.4 Å². The maximum atomic E-state index is 11.8. The predicted molar refractivity (Wildman–Crippen MR) is 90.5 cm³/mol. The first kappa shape index (κ1) is 17.3. The molecule has 0 fully saturated rings. The number of allylic oxidation sites excluding steroid dienone is 2. The van der Waals surface area contributed by atoms with Gasteiger partial charge in [-0.25, -0.2) is 0 Å². The first-order chi connectivity index (χ1) is 11.2. The number of esters is 1. The number of hydrogen-bond acceptors (Lipinski definition) is 3. The van der Waals surface area contributed by atoms with Crippen molar-refractivity contribution in [3.05, 3.63) is 47.7 Å². The molecule has 2 rings (SSSR count). The predicted octanol–water partition coefficient (Wildman–Crippen LogP) is 5.03. The van der Waals surface area contributed by atoms with E-state index in [0.717, 1.165) is 37.0 Å². The van der Waals surface area contributed by atoms with Crippen LogP contribution in [0.5, 0.6) is 0 Å². The van der Waals surface area contributed by atoms with Crippen LogP contribution in [0.2, 0.25) is 0 Å². The lowest BCUT2D eigenvalue weighted by molar-refractivity contribution is -0.140. The van der Waals surface area contributed by atoms with Gasteiger partial charge in [0.25, 0.3) is 0 Å². The number of carbonyl (C=O) groups excluding carboxylic acids is 1. The second kappa shape index (κ2) is 8.53. The second-order valence-electron chi connectivity index (χ2n) is 6.22. The van der Waals surface area contributed by atoms with Crippen LogP contribution >= 0.6 is 0 Å². The molecule has 1 aromatic rings. The van der Waals surface area contributed by atoms with Crippen molar-refractivity contribution in [2.75, 3.05) is 0 Å². The Hall–Kier alpha value is -2.08. The summed E-state index contributed by atoms with van der Waals surface area (Å²) in [6.45, 7) is 2.15. The van der Waals surface area contributed by atoms with Crippen molar-refractivity contribution in [1.82, 2.24) is 0 Å². The average molecular weight is 311 g/mol. The van der Waals surface area contributed by atoms with Crippen LogP contribution < -0.4 is 0 Å². The van der Waals surface area contributed by atoms with Crippen LogP contribution in [-0.2, 0) is 14.9 Å². The van der Waals surface area contributed by atoms with Crippen molar-refractivity contribution in [2.45, 2.75) is 63.7 Å². The van der Waals surface area contributed by atoms with Gasteiger partial charge in [0.1, 0.15) is 5.76 Å². The van der Waals surface area contributed by atoms with Crippen LogP contribution in [0, 0.1) is 11.3 Å². The Kier molecular flexibility index (Phi) is 6.40. The fraction of sp³-hybridized carbons (Fsp3) is 0.500. The first-order valence-corrected chi connectivity index (χ1v) is 8.56. The molecule has 0 radical (unpaired) electrons. The molecule has 1 aliphatic rings. The van der Waals surface area contributed by atoms with Gasteiger partial charge in [-0.1, -0.05) is 56.5 Å². The number of carbonyl (C=O) groups is 1. The fourth-order valence-corrected chi connectivity index (χ4v) is 3.00. The number of nitriles is 1. The number of unbranched alkanes of at least 4 members (excludes halogenated alkanes) is 3. The first-order valence-electron chi connectivity index (χ1n) is 8.56. The average Bonchev–Trinajstić information content (AvgIpc) is 2.60. The lowest BCUT2D eigenvalue weighted by Crippen LogP contribution is -2.27. The zero-order valence-corrected chi connectivity index (χ0v) is 13.9. The summed E-state index contributed by atoms with van der Waals surface area (Å²) in [5.41, 5.74) is 0.557. The summed E-state index contributed by atoms with van der Waals surface area (Å²) in [4.78, 5) is 11.8. The summed E-state index contributed by atoms with van der Waals surface area (Å²) in [5, 5.41) is 9.64. The van der Waals surface area contributed by atoms with Crippen molar-refractivity contribution in [1.29, 1.82) is 5.26 Å². The maximum absolute atomic E-state index is 11.8. The summed E-state index contributed by atoms with van der Waals surface area (Å²) < 4.78 is 5.46. The van der Waals surface area contributed by atoms with Gasteiger partial charge in [0.15, 0.2) is 0 Å². The van der Waals surface area contributed by atoms with Gasteiger partial charge in [0.05, 0.1) is 11.5 Å². The molecule has 0 heterocycles. The van der Waals surface area contributed by atoms with Gasteiger partial charge in [-0.3, -0.25) is 4.79 Å². The lowest BCUT2D eigenvalue weighted by atomic mass is 9.72. The zero-order chi connectivity index (χ0) is 16.5. The summed E-state index contributed by atoms with van der Waals surface area (Å²) in [7, 11) is 0. The van der Waals surface area contributed by atoms with Gasteiger partial charge >= 0.3 is 5.97 Å². The Labute approximate surface area is 139 Å². The fourth-order valence-electron chi connectivity index (χ4n) is 3.00. The van der Waals surface area contributed by atoms with Crippen molar-refractivity contribution in [3.63, 3.8) is 0 Å². The van der Waals surface area contributed by atoms with E-state index in [1.54, 1.807) is 0 Å². The van der Waals surface area contributed by atoms with Crippen LogP contribution in [0.1, 0.15) is 63.9 Å². The molecule has 0 unspecified atom stereocenters. The molecule has 1 aliphatic carbocycles. The standard InChI is InChI=1S/C20H25NO2/c1-2-3-4-8-11-19(22)23-18-12-14-20(16-21,15-13-18)17-9-6-5-7-10-17/h5-7,9-10,12H,2-4,8,11,13-15H2,1H3/t20-/m0/s1. The molecule has 23 heavy (non-hydrogen) atoms. The molecular weight excluding hydrogens is 286 g/mol. The highest BCUT2D eigenvalue weighted by atomic mass is 16.5. The van der Waals surface area contributed by atoms with Crippen molar-refractivity contribution < 1.29 is 9.53 Å². The Bertz CT molecular complexity index is 585. The smallest absolute Gasteiger partial charge is 0.310 e. The SMILES string of the molecule is CCCCCCC(=O)OC1=CC[C@](C#N)(c2ccccc2)CC1. The molecule has 0 aromatic heterocycles. The molecule has 0 N–H and O–H groups in total. The van der Waals surface area contributed by atoms with Crippen molar-refractivity contribution in [2.24, 2.45) is 0 Å². The molecule has 0 spiro atoms. The van der Waals surface area contributed by atoms with Gasteiger partial charge in [-0.05, 0) is 30.9 Å². The van der Waals surface area contributed by atoms with Gasteiger partial charge in [0.2, 0.25) is 0 Å². The van der Waals surface area contributed by atoms with Crippen LogP contribution in [0.3, 0.4) is 0 Å². The van der Waals surface area contributed by atoms with Crippen LogP contribution in [0.25, 0.3) is 0 Å². The summed E-state index contributed by atoms with van der Waals surface area (Å²) >= 11 is 0. The molecule has 0 amide bonds. The van der Waals surface area contributed by atoms with Crippen LogP contribution in [0.4, 0.5) is 0 Å². The minimum absolute atomic E-state index is 0.142. The van der Waals surface area contributed by atoms with Gasteiger partial charge in [-0.2, -0.15) is 5.26 Å². The Morgan fingerprint density at radius 1 is 1.26 bits per heavy atom. The molecule has 122 valence electrons. The Balaban J connectivity index is 1.90. The summed E-state index contributed by atoms with van der Waals surface area (Å²) in [5.74, 6) is 0.587. The molecule has 0 saturated carbocycles. The van der Waals surface area contributed by atoms with Crippen molar-refractivity contribution >= 4 is 5.97 Å². The van der Waals surface area contributed by atoms with E-state index in [0.29, 0.717) is 25.7 Å². The largest absolute Gasteiger partial charge is 0.431 e. The van der Waals surface area contributed by atoms with Crippen LogP contribution in [0.15, 0.2) is 42.2 Å². The minimum atomic E-state index is -0.488. The number of rotatable bonds is 7. The van der Waals surface area contributed by atoms with Crippen LogP contribution in [-0.4, -0.2) is 5.97 Å². The zero-order valence-electron chi connectivity index (χ0n) is 13.9. The molecular formula is C20H25NO2. The quantitative estimate of drug-likeness (QED) is 0.524. The molecule has 1 atom stereocenters. The van der Waals surface area contributed by atoms with E-state index in [2.05, 4.69) is 13.0 Å². The molecule has 3 nitrogen and oxygen atoms in total. The van der Waals surface area contributed by atoms with Crippen molar-refractivity contribution in [3.8, 4) is 6.07 Å². The maximum Gasteiger partial charge on any atom is 0.310 e. The van der Waals surface area contributed by atoms with Gasteiger partial charge < -0.3 is 4.74 Å². The van der Waals surface area contributed by atoms with E-state index in [4.69, 9.17) is 4.74 Å². The third-order valence-electron chi connectivity index (χ3n) is 4.50. The van der Waals surface area contributed by atoms with E-state index in [9.17, 15) is 10.1 Å². The molecule has 0 bridgehead atoms. The Morgan fingerprint density at radius 3 is 2.65 bits per heavy atom. The highest BCUT2D eigenvalue weighted by molar-refractivity contribution is 5.70. The third-order valence-corrected chi connectivity index (χ3v) is 4.50. The topological polar surface area (TPSA) is 50.1 Å². The van der Waals surface area contributed by atoms with E-state index in [1.165, 1.54) is 0 Å². The summed E-state index contributed by atoms with van der Waals surface area (Å²) in [6, 6.07) is 12.4. The lowest BCUT2D eigenvalue weighted by Gasteiger charge is -2.30. The van der Waals surface area contributed by atoms with Gasteiger partial charge in [0, 0.05) is 12.8 Å². The normalized spacial score (nSPS) is 20.4. The van der Waals surface area contributed by atoms with E-state index in [-0.39, 0.29) is 5.97 Å². The highest BCUT2D eigenvalue weighted by Gasteiger charge is 2.34. The van der Waals surface area contributed by atoms with E-state index < -0.39 is 5.41 Å². The molecule has 3 heteroatoms. The number of ether oxygens (including phenoxy) is 1. The number of nitrogens with zero attached hydrogens (tertiary/aromatic N) is 1. The second-order valence-corrected chi connectivity index (χ2v) is 6.22. The molecule has 1 aromatic carbocycles.